The Labute approximate surface area is 65.8 Å². The molecule has 1 aliphatic rings. The number of rotatable bonds is 0. The topological polar surface area (TPSA) is 67.9 Å². The number of guanidine groups is 1. The van der Waals surface area contributed by atoms with E-state index in [2.05, 4.69) is 9.99 Å². The van der Waals surface area contributed by atoms with Gasteiger partial charge >= 0.3 is 5.97 Å². The Balaban J connectivity index is 0.000000461. The van der Waals surface area contributed by atoms with Gasteiger partial charge in [0.05, 0.1) is 0 Å². The fourth-order valence-electron chi connectivity index (χ4n) is 0.471. The molecule has 0 radical (unpaired) electrons. The number of oxime groups is 1. The van der Waals surface area contributed by atoms with Gasteiger partial charge in [-0.25, -0.2) is 4.79 Å². The predicted molar refractivity (Wildman–Crippen MR) is 41.7 cm³/mol. The van der Waals surface area contributed by atoms with Crippen molar-refractivity contribution in [1.82, 2.24) is 4.90 Å². The van der Waals surface area contributed by atoms with Crippen LogP contribution in [0.25, 0.3) is 0 Å². The molecule has 1 heterocycles. The maximum absolute atomic E-state index is 10.4. The second-order valence-corrected chi connectivity index (χ2v) is 1.77. The Morgan fingerprint density at radius 3 is 2.55 bits per heavy atom. The Morgan fingerprint density at radius 2 is 2.18 bits per heavy atom. The highest BCUT2D eigenvalue weighted by Crippen LogP contribution is 1.93. The third kappa shape index (κ3) is 2.88. The summed E-state index contributed by atoms with van der Waals surface area (Å²) in [6.07, 6.45) is 0. The van der Waals surface area contributed by atoms with Crippen LogP contribution in [0.3, 0.4) is 0 Å². The van der Waals surface area contributed by atoms with E-state index in [1.807, 2.05) is 13.8 Å². The highest BCUT2D eigenvalue weighted by atomic mass is 16.7. The molecule has 0 aromatic heterocycles. The van der Waals surface area contributed by atoms with Crippen LogP contribution < -0.4 is 5.73 Å². The van der Waals surface area contributed by atoms with Crippen LogP contribution in [0.1, 0.15) is 13.8 Å². The molecule has 1 rings (SSSR count). The smallest absolute Gasteiger partial charge is 0.354 e. The molecule has 0 aromatic rings. The number of carbonyl (C=O) groups excluding carboxylic acids is 1. The van der Waals surface area contributed by atoms with E-state index >= 15 is 0 Å². The van der Waals surface area contributed by atoms with Gasteiger partial charge in [-0.1, -0.05) is 13.8 Å². The molecule has 0 spiro atoms. The van der Waals surface area contributed by atoms with E-state index in [1.165, 1.54) is 4.90 Å². The van der Waals surface area contributed by atoms with E-state index in [-0.39, 0.29) is 18.5 Å². The normalized spacial score (nSPS) is 16.1. The van der Waals surface area contributed by atoms with Crippen LogP contribution >= 0.6 is 0 Å². The fourth-order valence-corrected chi connectivity index (χ4v) is 0.471. The average molecular weight is 159 g/mol. The van der Waals surface area contributed by atoms with Crippen LogP contribution in [0, 0.1) is 0 Å². The first-order chi connectivity index (χ1) is 5.20. The van der Waals surface area contributed by atoms with Crippen molar-refractivity contribution >= 4 is 11.9 Å². The number of carbonyl (C=O) groups is 1. The molecule has 64 valence electrons. The van der Waals surface area contributed by atoms with E-state index < -0.39 is 0 Å². The van der Waals surface area contributed by atoms with Crippen molar-refractivity contribution in [1.29, 1.82) is 0 Å². The van der Waals surface area contributed by atoms with Crippen molar-refractivity contribution in [2.75, 3.05) is 13.6 Å². The fraction of sp³-hybridized carbons (Fsp3) is 0.667. The van der Waals surface area contributed by atoms with E-state index in [4.69, 9.17) is 5.73 Å². The average Bonchev–Trinajstić information content (AvgIpc) is 2.02. The molecule has 0 aromatic carbocycles. The molecule has 5 nitrogen and oxygen atoms in total. The van der Waals surface area contributed by atoms with Gasteiger partial charge in [-0.3, -0.25) is 0 Å². The Kier molecular flexibility index (Phi) is 4.02. The number of nitrogens with two attached hydrogens (primary N) is 1. The van der Waals surface area contributed by atoms with E-state index in [0.717, 1.165) is 0 Å². The first kappa shape index (κ1) is 9.74. The highest BCUT2D eigenvalue weighted by molar-refractivity contribution is 5.85. The summed E-state index contributed by atoms with van der Waals surface area (Å²) in [5, 5.41) is 3.26. The number of likely N-dealkylation sites (N-methyl/N-ethyl adjacent to an activating group) is 1. The maximum Gasteiger partial charge on any atom is 0.354 e. The van der Waals surface area contributed by atoms with E-state index in [0.29, 0.717) is 0 Å². The molecular weight excluding hydrogens is 146 g/mol. The standard InChI is InChI=1S/C4H7N3O2.C2H6/c1-7-2-3(8)9-6-4(7)5;1-2/h2H2,1H3,(H2,5,6);1-2H3. The summed E-state index contributed by atoms with van der Waals surface area (Å²) in [6, 6.07) is 0. The number of nitrogens with zero attached hydrogens (tertiary/aromatic N) is 2. The van der Waals surface area contributed by atoms with Gasteiger partial charge in [0.1, 0.15) is 6.54 Å². The van der Waals surface area contributed by atoms with E-state index in [9.17, 15) is 4.79 Å². The van der Waals surface area contributed by atoms with Gasteiger partial charge in [0.2, 0.25) is 5.96 Å². The molecule has 0 bridgehead atoms. The van der Waals surface area contributed by atoms with Gasteiger partial charge in [-0.15, -0.1) is 0 Å². The van der Waals surface area contributed by atoms with Gasteiger partial charge in [-0.2, -0.15) is 0 Å². The van der Waals surface area contributed by atoms with Crippen molar-refractivity contribution in [3.05, 3.63) is 0 Å². The summed E-state index contributed by atoms with van der Waals surface area (Å²) < 4.78 is 0. The zero-order chi connectivity index (χ0) is 8.85. The SMILES string of the molecule is CC.CN1CC(=O)ON=C1N. The summed E-state index contributed by atoms with van der Waals surface area (Å²) in [5.41, 5.74) is 5.24. The summed E-state index contributed by atoms with van der Waals surface area (Å²) >= 11 is 0. The van der Waals surface area contributed by atoms with Crippen molar-refractivity contribution in [3.63, 3.8) is 0 Å². The molecule has 0 saturated carbocycles. The van der Waals surface area contributed by atoms with Crippen LogP contribution in [0.5, 0.6) is 0 Å². The van der Waals surface area contributed by atoms with Crippen molar-refractivity contribution < 1.29 is 9.63 Å². The zero-order valence-corrected chi connectivity index (χ0v) is 7.00. The molecule has 0 fully saturated rings. The minimum absolute atomic E-state index is 0.176. The lowest BCUT2D eigenvalue weighted by Crippen LogP contribution is -2.41. The molecule has 0 unspecified atom stereocenters. The predicted octanol–water partition coefficient (Wildman–Crippen LogP) is -0.269. The minimum atomic E-state index is -0.383. The monoisotopic (exact) mass is 159 g/mol. The van der Waals surface area contributed by atoms with Gasteiger partial charge in [0.25, 0.3) is 0 Å². The largest absolute Gasteiger partial charge is 0.367 e. The van der Waals surface area contributed by atoms with Gasteiger partial charge in [-0.05, 0) is 5.16 Å². The third-order valence-electron chi connectivity index (χ3n) is 0.998. The summed E-state index contributed by atoms with van der Waals surface area (Å²) in [6.45, 7) is 4.18. The van der Waals surface area contributed by atoms with Gasteiger partial charge < -0.3 is 15.5 Å². The molecule has 1 aliphatic heterocycles. The second-order valence-electron chi connectivity index (χ2n) is 1.77. The molecule has 0 amide bonds. The second kappa shape index (κ2) is 4.54. The molecule has 0 atom stereocenters. The van der Waals surface area contributed by atoms with Crippen molar-refractivity contribution in [2.24, 2.45) is 10.9 Å². The minimum Gasteiger partial charge on any atom is -0.367 e. The van der Waals surface area contributed by atoms with Crippen LogP contribution in [0.15, 0.2) is 5.16 Å². The number of hydrogen-bond acceptors (Lipinski definition) is 5. The van der Waals surface area contributed by atoms with Crippen LogP contribution in [-0.4, -0.2) is 30.4 Å². The lowest BCUT2D eigenvalue weighted by molar-refractivity contribution is -0.145. The van der Waals surface area contributed by atoms with Gasteiger partial charge in [0.15, 0.2) is 0 Å². The maximum atomic E-state index is 10.4. The first-order valence-electron chi connectivity index (χ1n) is 3.44. The lowest BCUT2D eigenvalue weighted by Gasteiger charge is -2.18. The summed E-state index contributed by atoms with van der Waals surface area (Å²) in [5.74, 6) is -0.152. The molecule has 0 aliphatic carbocycles. The first-order valence-corrected chi connectivity index (χ1v) is 3.44. The molecular formula is C6H13N3O2. The molecule has 11 heavy (non-hydrogen) atoms. The Hall–Kier alpha value is -1.26. The number of hydrogen-bond donors (Lipinski definition) is 1. The molecule has 5 heteroatoms. The lowest BCUT2D eigenvalue weighted by atomic mass is 10.6. The Morgan fingerprint density at radius 1 is 1.64 bits per heavy atom. The summed E-state index contributed by atoms with van der Waals surface area (Å²) in [7, 11) is 1.67. The van der Waals surface area contributed by atoms with Crippen molar-refractivity contribution in [2.45, 2.75) is 13.8 Å². The quantitative estimate of drug-likeness (QED) is 0.494. The Bertz CT molecular complexity index is 167. The van der Waals surface area contributed by atoms with Crippen LogP contribution in [0.4, 0.5) is 0 Å². The van der Waals surface area contributed by atoms with Crippen molar-refractivity contribution in [3.8, 4) is 0 Å². The van der Waals surface area contributed by atoms with Crippen LogP contribution in [-0.2, 0) is 9.63 Å². The third-order valence-corrected chi connectivity index (χ3v) is 0.998. The zero-order valence-electron chi connectivity index (χ0n) is 7.00. The van der Waals surface area contributed by atoms with Crippen LogP contribution in [0.2, 0.25) is 0 Å². The molecule has 0 saturated heterocycles. The van der Waals surface area contributed by atoms with Gasteiger partial charge in [0, 0.05) is 7.05 Å². The highest BCUT2D eigenvalue weighted by Gasteiger charge is 2.15. The molecule has 2 N–H and O–H groups in total. The summed E-state index contributed by atoms with van der Waals surface area (Å²) in [4.78, 5) is 16.1. The van der Waals surface area contributed by atoms with E-state index in [1.54, 1.807) is 7.05 Å².